The molecule has 0 radical (unpaired) electrons. The molecule has 54 valence electrons. The first-order valence-corrected chi connectivity index (χ1v) is 4.10. The number of aryl methyl sites for hydroxylation is 1. The zero-order chi connectivity index (χ0) is 7.56. The monoisotopic (exact) mass is 172 g/mol. The minimum Gasteiger partial charge on any atom is -0.393 e. The lowest BCUT2D eigenvalue weighted by Crippen LogP contribution is -2.09. The number of aromatic nitrogens is 1. The van der Waals surface area contributed by atoms with Crippen LogP contribution in [0.4, 0.5) is 0 Å². The van der Waals surface area contributed by atoms with E-state index in [2.05, 4.69) is 4.98 Å². The second-order valence-corrected chi connectivity index (χ2v) is 3.83. The lowest BCUT2D eigenvalue weighted by Gasteiger charge is -1.89. The van der Waals surface area contributed by atoms with E-state index < -0.39 is 0 Å². The van der Waals surface area contributed by atoms with Gasteiger partial charge in [-0.3, -0.25) is 0 Å². The second-order valence-electron chi connectivity index (χ2n) is 1.99. The summed E-state index contributed by atoms with van der Waals surface area (Å²) < 4.78 is 0. The summed E-state index contributed by atoms with van der Waals surface area (Å²) in [7, 11) is 0. The van der Waals surface area contributed by atoms with E-state index in [4.69, 9.17) is 18.0 Å². The predicted octanol–water partition coefficient (Wildman–Crippen LogP) is 1.28. The largest absolute Gasteiger partial charge is 0.393 e. The van der Waals surface area contributed by atoms with Crippen LogP contribution >= 0.6 is 23.6 Å². The molecule has 0 aromatic carbocycles. The van der Waals surface area contributed by atoms with E-state index in [9.17, 15) is 0 Å². The molecule has 0 aliphatic carbocycles. The summed E-state index contributed by atoms with van der Waals surface area (Å²) in [6.07, 6.45) is 2.50. The van der Waals surface area contributed by atoms with Crippen LogP contribution in [0, 0.1) is 6.92 Å². The van der Waals surface area contributed by atoms with Gasteiger partial charge in [-0.15, -0.1) is 11.3 Å². The number of rotatable bonds is 2. The van der Waals surface area contributed by atoms with Gasteiger partial charge in [-0.25, -0.2) is 4.98 Å². The van der Waals surface area contributed by atoms with Crippen LogP contribution in [0.25, 0.3) is 0 Å². The zero-order valence-corrected chi connectivity index (χ0v) is 7.26. The van der Waals surface area contributed by atoms with Crippen molar-refractivity contribution in [2.24, 2.45) is 5.73 Å². The summed E-state index contributed by atoms with van der Waals surface area (Å²) in [6.45, 7) is 1.97. The molecule has 0 unspecified atom stereocenters. The van der Waals surface area contributed by atoms with Crippen LogP contribution in [0.5, 0.6) is 0 Å². The molecule has 4 heteroatoms. The molecular weight excluding hydrogens is 164 g/mol. The molecule has 0 fully saturated rings. The van der Waals surface area contributed by atoms with Crippen molar-refractivity contribution in [2.45, 2.75) is 13.3 Å². The van der Waals surface area contributed by atoms with Crippen molar-refractivity contribution in [3.63, 3.8) is 0 Å². The molecule has 1 aromatic rings. The van der Waals surface area contributed by atoms with Gasteiger partial charge in [0.25, 0.3) is 0 Å². The van der Waals surface area contributed by atoms with Gasteiger partial charge >= 0.3 is 0 Å². The Balaban J connectivity index is 2.67. The van der Waals surface area contributed by atoms with Gasteiger partial charge in [0.05, 0.1) is 10.00 Å². The Morgan fingerprint density at radius 1 is 1.90 bits per heavy atom. The Labute approximate surface area is 69.1 Å². The second kappa shape index (κ2) is 3.07. The molecule has 2 N–H and O–H groups in total. The Bertz CT molecular complexity index is 242. The Kier molecular flexibility index (Phi) is 2.34. The van der Waals surface area contributed by atoms with Crippen LogP contribution in [0.1, 0.15) is 9.88 Å². The van der Waals surface area contributed by atoms with Gasteiger partial charge in [-0.2, -0.15) is 0 Å². The summed E-state index contributed by atoms with van der Waals surface area (Å²) in [4.78, 5) is 5.75. The van der Waals surface area contributed by atoms with Crippen LogP contribution < -0.4 is 5.73 Å². The van der Waals surface area contributed by atoms with Crippen molar-refractivity contribution in [3.8, 4) is 0 Å². The Morgan fingerprint density at radius 2 is 2.60 bits per heavy atom. The van der Waals surface area contributed by atoms with Gasteiger partial charge in [0.15, 0.2) is 0 Å². The van der Waals surface area contributed by atoms with E-state index in [0.717, 1.165) is 9.88 Å². The first-order chi connectivity index (χ1) is 4.68. The lowest BCUT2D eigenvalue weighted by molar-refractivity contribution is 1.27. The van der Waals surface area contributed by atoms with Crippen molar-refractivity contribution in [3.05, 3.63) is 16.1 Å². The first-order valence-electron chi connectivity index (χ1n) is 2.88. The van der Waals surface area contributed by atoms with Gasteiger partial charge in [0.2, 0.25) is 0 Å². The van der Waals surface area contributed by atoms with E-state index in [0.29, 0.717) is 11.4 Å². The standard InChI is InChI=1S/C6H8N2S2/c1-4-8-3-5(10-4)2-6(7)9/h3H,2H2,1H3,(H2,7,9). The molecule has 0 aliphatic rings. The molecule has 0 bridgehead atoms. The van der Waals surface area contributed by atoms with E-state index >= 15 is 0 Å². The SMILES string of the molecule is Cc1ncc(CC(N)=S)s1. The number of hydrogen-bond acceptors (Lipinski definition) is 3. The van der Waals surface area contributed by atoms with E-state index in [1.807, 2.05) is 13.1 Å². The molecule has 0 saturated carbocycles. The Hall–Kier alpha value is -0.480. The fourth-order valence-corrected chi connectivity index (χ4v) is 1.72. The first kappa shape index (κ1) is 7.63. The molecule has 0 amide bonds. The maximum Gasteiger partial charge on any atom is 0.0896 e. The summed E-state index contributed by atoms with van der Waals surface area (Å²) in [5, 5.41) is 1.06. The van der Waals surface area contributed by atoms with Crippen molar-refractivity contribution in [2.75, 3.05) is 0 Å². The molecule has 1 heterocycles. The smallest absolute Gasteiger partial charge is 0.0896 e. The van der Waals surface area contributed by atoms with Crippen molar-refractivity contribution in [1.29, 1.82) is 0 Å². The summed E-state index contributed by atoms with van der Waals surface area (Å²) in [5.41, 5.74) is 5.34. The molecule has 1 rings (SSSR count). The van der Waals surface area contributed by atoms with Crippen LogP contribution in [-0.4, -0.2) is 9.97 Å². The highest BCUT2D eigenvalue weighted by atomic mass is 32.1. The molecule has 0 aliphatic heterocycles. The van der Waals surface area contributed by atoms with Gasteiger partial charge in [-0.1, -0.05) is 12.2 Å². The predicted molar refractivity (Wildman–Crippen MR) is 47.3 cm³/mol. The minimum atomic E-state index is 0.531. The highest BCUT2D eigenvalue weighted by Gasteiger charge is 1.97. The number of thiazole rings is 1. The molecule has 0 spiro atoms. The maximum atomic E-state index is 5.34. The quantitative estimate of drug-likeness (QED) is 0.683. The third-order valence-corrected chi connectivity index (χ3v) is 2.07. The van der Waals surface area contributed by atoms with Crippen LogP contribution in [0.3, 0.4) is 0 Å². The van der Waals surface area contributed by atoms with E-state index in [1.165, 1.54) is 0 Å². The van der Waals surface area contributed by atoms with Gasteiger partial charge in [0, 0.05) is 17.5 Å². The molecule has 0 saturated heterocycles. The fourth-order valence-electron chi connectivity index (χ4n) is 0.659. The molecule has 0 atom stereocenters. The molecule has 2 nitrogen and oxygen atoms in total. The normalized spacial score (nSPS) is 9.70. The van der Waals surface area contributed by atoms with Crippen molar-refractivity contribution in [1.82, 2.24) is 4.98 Å². The minimum absolute atomic E-state index is 0.531. The third-order valence-electron chi connectivity index (χ3n) is 1.02. The molecular formula is C6H8N2S2. The van der Waals surface area contributed by atoms with Crippen LogP contribution in [0.15, 0.2) is 6.20 Å². The Morgan fingerprint density at radius 3 is 3.00 bits per heavy atom. The zero-order valence-electron chi connectivity index (χ0n) is 5.63. The number of hydrogen-bond donors (Lipinski definition) is 1. The van der Waals surface area contributed by atoms with Crippen LogP contribution in [0.2, 0.25) is 0 Å². The van der Waals surface area contributed by atoms with Crippen molar-refractivity contribution < 1.29 is 0 Å². The van der Waals surface area contributed by atoms with Crippen LogP contribution in [-0.2, 0) is 6.42 Å². The third kappa shape index (κ3) is 2.04. The highest BCUT2D eigenvalue weighted by Crippen LogP contribution is 2.11. The topological polar surface area (TPSA) is 38.9 Å². The summed E-state index contributed by atoms with van der Waals surface area (Å²) >= 11 is 6.38. The van der Waals surface area contributed by atoms with Crippen molar-refractivity contribution >= 4 is 28.5 Å². The maximum absolute atomic E-state index is 5.34. The highest BCUT2D eigenvalue weighted by molar-refractivity contribution is 7.80. The molecule has 10 heavy (non-hydrogen) atoms. The van der Waals surface area contributed by atoms with Gasteiger partial charge in [-0.05, 0) is 6.92 Å². The number of nitrogens with two attached hydrogens (primary N) is 1. The summed E-state index contributed by atoms with van der Waals surface area (Å²) in [6, 6.07) is 0. The van der Waals surface area contributed by atoms with E-state index in [-0.39, 0.29) is 0 Å². The van der Waals surface area contributed by atoms with E-state index in [1.54, 1.807) is 11.3 Å². The average Bonchev–Trinajstić information content (AvgIpc) is 2.13. The molecule has 1 aromatic heterocycles. The number of thiocarbonyl (C=S) groups is 1. The summed E-state index contributed by atoms with van der Waals surface area (Å²) in [5.74, 6) is 0. The van der Waals surface area contributed by atoms with Gasteiger partial charge in [0.1, 0.15) is 0 Å². The lowest BCUT2D eigenvalue weighted by atomic mass is 10.4. The van der Waals surface area contributed by atoms with Gasteiger partial charge < -0.3 is 5.73 Å². The number of nitrogens with zero attached hydrogens (tertiary/aromatic N) is 1. The average molecular weight is 172 g/mol. The fraction of sp³-hybridized carbons (Fsp3) is 0.333.